The molecule has 0 bridgehead atoms. The van der Waals surface area contributed by atoms with E-state index in [0.29, 0.717) is 6.42 Å². The molecule has 0 aliphatic heterocycles. The minimum atomic E-state index is -0.0843. The number of methoxy groups -OCH3 is 1. The summed E-state index contributed by atoms with van der Waals surface area (Å²) >= 11 is 0. The molecule has 0 aromatic rings. The van der Waals surface area contributed by atoms with Gasteiger partial charge >= 0.3 is 5.97 Å². The van der Waals surface area contributed by atoms with Gasteiger partial charge in [0.15, 0.2) is 0 Å². The first kappa shape index (κ1) is 13.2. The van der Waals surface area contributed by atoms with Gasteiger partial charge in [-0.05, 0) is 26.2 Å². The molecule has 2 heteroatoms. The van der Waals surface area contributed by atoms with E-state index in [0.717, 1.165) is 12.8 Å². The lowest BCUT2D eigenvalue weighted by atomic mass is 10.1. The van der Waals surface area contributed by atoms with Crippen LogP contribution in [0.15, 0.2) is 12.2 Å². The fourth-order valence-corrected chi connectivity index (χ4v) is 1.33. The van der Waals surface area contributed by atoms with Gasteiger partial charge in [0.1, 0.15) is 0 Å². The predicted molar refractivity (Wildman–Crippen MR) is 59.1 cm³/mol. The zero-order valence-electron chi connectivity index (χ0n) is 9.42. The van der Waals surface area contributed by atoms with Crippen molar-refractivity contribution in [3.8, 4) is 0 Å². The SMILES string of the molecule is CC=CCCCCCCCC(=O)OC. The molecule has 0 aromatic heterocycles. The molecule has 0 amide bonds. The number of ether oxygens (including phenoxy) is 1. The summed E-state index contributed by atoms with van der Waals surface area (Å²) in [4.78, 5) is 10.8. The van der Waals surface area contributed by atoms with Crippen LogP contribution in [0.5, 0.6) is 0 Å². The van der Waals surface area contributed by atoms with Crippen molar-refractivity contribution < 1.29 is 9.53 Å². The topological polar surface area (TPSA) is 26.3 Å². The normalized spacial score (nSPS) is 10.7. The molecule has 0 fully saturated rings. The second-order valence-electron chi connectivity index (χ2n) is 3.45. The Balaban J connectivity index is 3.02. The number of allylic oxidation sites excluding steroid dienone is 2. The maximum absolute atomic E-state index is 10.8. The van der Waals surface area contributed by atoms with Gasteiger partial charge in [0.05, 0.1) is 7.11 Å². The van der Waals surface area contributed by atoms with E-state index in [9.17, 15) is 4.79 Å². The van der Waals surface area contributed by atoms with Gasteiger partial charge in [-0.25, -0.2) is 0 Å². The summed E-state index contributed by atoms with van der Waals surface area (Å²) in [6.07, 6.45) is 11.9. The first-order valence-electron chi connectivity index (χ1n) is 5.49. The smallest absolute Gasteiger partial charge is 0.305 e. The number of esters is 1. The number of hydrogen-bond acceptors (Lipinski definition) is 2. The summed E-state index contributed by atoms with van der Waals surface area (Å²) in [5.74, 6) is -0.0843. The Morgan fingerprint density at radius 3 is 2.43 bits per heavy atom. The van der Waals surface area contributed by atoms with E-state index >= 15 is 0 Å². The predicted octanol–water partition coefficient (Wildman–Crippen LogP) is 3.47. The summed E-state index contributed by atoms with van der Waals surface area (Å²) in [7, 11) is 1.44. The molecule has 0 aromatic carbocycles. The average molecular weight is 198 g/mol. The molecule has 2 nitrogen and oxygen atoms in total. The standard InChI is InChI=1S/C12H22O2/c1-3-4-5-6-7-8-9-10-11-12(13)14-2/h3-4H,5-11H2,1-2H3. The molecule has 0 unspecified atom stereocenters. The largest absolute Gasteiger partial charge is 0.469 e. The molecule has 0 radical (unpaired) electrons. The summed E-state index contributed by atoms with van der Waals surface area (Å²) < 4.78 is 4.56. The van der Waals surface area contributed by atoms with Gasteiger partial charge in [0.2, 0.25) is 0 Å². The van der Waals surface area contributed by atoms with Crippen LogP contribution in [-0.4, -0.2) is 13.1 Å². The molecule has 82 valence electrons. The first-order chi connectivity index (χ1) is 6.81. The third-order valence-corrected chi connectivity index (χ3v) is 2.22. The highest BCUT2D eigenvalue weighted by Crippen LogP contribution is 2.07. The minimum Gasteiger partial charge on any atom is -0.469 e. The number of carbonyl (C=O) groups excluding carboxylic acids is 1. The highest BCUT2D eigenvalue weighted by Gasteiger charge is 1.98. The number of carbonyl (C=O) groups is 1. The molecular formula is C12H22O2. The monoisotopic (exact) mass is 198 g/mol. The first-order valence-corrected chi connectivity index (χ1v) is 5.49. The van der Waals surface area contributed by atoms with E-state index in [2.05, 4.69) is 23.8 Å². The van der Waals surface area contributed by atoms with E-state index in [4.69, 9.17) is 0 Å². The van der Waals surface area contributed by atoms with Crippen LogP contribution in [-0.2, 0) is 9.53 Å². The number of unbranched alkanes of at least 4 members (excludes halogenated alkanes) is 5. The van der Waals surface area contributed by atoms with Crippen LogP contribution in [0.25, 0.3) is 0 Å². The molecule has 0 atom stereocenters. The zero-order chi connectivity index (χ0) is 10.6. The van der Waals surface area contributed by atoms with Crippen LogP contribution in [0, 0.1) is 0 Å². The van der Waals surface area contributed by atoms with Gasteiger partial charge in [-0.1, -0.05) is 31.4 Å². The Labute approximate surface area is 87.3 Å². The van der Waals surface area contributed by atoms with Crippen LogP contribution in [0.2, 0.25) is 0 Å². The molecule has 0 spiro atoms. The van der Waals surface area contributed by atoms with Gasteiger partial charge in [-0.3, -0.25) is 4.79 Å². The summed E-state index contributed by atoms with van der Waals surface area (Å²) in [6, 6.07) is 0. The molecule has 14 heavy (non-hydrogen) atoms. The van der Waals surface area contributed by atoms with Crippen molar-refractivity contribution in [2.24, 2.45) is 0 Å². The second kappa shape index (κ2) is 10.3. The van der Waals surface area contributed by atoms with Gasteiger partial charge in [-0.15, -0.1) is 0 Å². The van der Waals surface area contributed by atoms with Crippen molar-refractivity contribution in [3.63, 3.8) is 0 Å². The van der Waals surface area contributed by atoms with E-state index in [1.165, 1.54) is 32.8 Å². The van der Waals surface area contributed by atoms with Crippen LogP contribution < -0.4 is 0 Å². The maximum atomic E-state index is 10.8. The second-order valence-corrected chi connectivity index (χ2v) is 3.45. The van der Waals surface area contributed by atoms with Gasteiger partial charge in [0, 0.05) is 6.42 Å². The van der Waals surface area contributed by atoms with Crippen LogP contribution in [0.3, 0.4) is 0 Å². The molecule has 0 heterocycles. The van der Waals surface area contributed by atoms with Crippen LogP contribution in [0.1, 0.15) is 51.9 Å². The molecule has 0 saturated carbocycles. The lowest BCUT2D eigenvalue weighted by molar-refractivity contribution is -0.140. The fraction of sp³-hybridized carbons (Fsp3) is 0.750. The Morgan fingerprint density at radius 2 is 1.79 bits per heavy atom. The average Bonchev–Trinajstić information content (AvgIpc) is 2.21. The van der Waals surface area contributed by atoms with Gasteiger partial charge in [0.25, 0.3) is 0 Å². The van der Waals surface area contributed by atoms with Crippen LogP contribution >= 0.6 is 0 Å². The van der Waals surface area contributed by atoms with Crippen molar-refractivity contribution in [2.45, 2.75) is 51.9 Å². The van der Waals surface area contributed by atoms with E-state index in [-0.39, 0.29) is 5.97 Å². The van der Waals surface area contributed by atoms with Gasteiger partial charge < -0.3 is 4.74 Å². The molecular weight excluding hydrogens is 176 g/mol. The van der Waals surface area contributed by atoms with Gasteiger partial charge in [-0.2, -0.15) is 0 Å². The molecule has 0 saturated heterocycles. The molecule has 0 rings (SSSR count). The third kappa shape index (κ3) is 9.30. The molecule has 0 aliphatic rings. The quantitative estimate of drug-likeness (QED) is 0.339. The van der Waals surface area contributed by atoms with Crippen LogP contribution in [0.4, 0.5) is 0 Å². The summed E-state index contributed by atoms with van der Waals surface area (Å²) in [5, 5.41) is 0. The van der Waals surface area contributed by atoms with Crippen molar-refractivity contribution in [2.75, 3.05) is 7.11 Å². The Hall–Kier alpha value is -0.790. The zero-order valence-corrected chi connectivity index (χ0v) is 9.42. The molecule has 0 aliphatic carbocycles. The maximum Gasteiger partial charge on any atom is 0.305 e. The Morgan fingerprint density at radius 1 is 1.14 bits per heavy atom. The fourth-order valence-electron chi connectivity index (χ4n) is 1.33. The highest BCUT2D eigenvalue weighted by atomic mass is 16.5. The van der Waals surface area contributed by atoms with E-state index in [1.807, 2.05) is 0 Å². The summed E-state index contributed by atoms with van der Waals surface area (Å²) in [6.45, 7) is 2.05. The van der Waals surface area contributed by atoms with Crippen molar-refractivity contribution in [1.82, 2.24) is 0 Å². The molecule has 0 N–H and O–H groups in total. The Kier molecular flexibility index (Phi) is 9.71. The lowest BCUT2D eigenvalue weighted by Crippen LogP contribution is -1.98. The number of hydrogen-bond donors (Lipinski definition) is 0. The highest BCUT2D eigenvalue weighted by molar-refractivity contribution is 5.68. The van der Waals surface area contributed by atoms with Crippen molar-refractivity contribution >= 4 is 5.97 Å². The Bertz CT molecular complexity index is 162. The summed E-state index contributed by atoms with van der Waals surface area (Å²) in [5.41, 5.74) is 0. The minimum absolute atomic E-state index is 0.0843. The number of rotatable bonds is 8. The third-order valence-electron chi connectivity index (χ3n) is 2.22. The van der Waals surface area contributed by atoms with Crippen molar-refractivity contribution in [1.29, 1.82) is 0 Å². The van der Waals surface area contributed by atoms with E-state index in [1.54, 1.807) is 0 Å². The lowest BCUT2D eigenvalue weighted by Gasteiger charge is -1.99. The van der Waals surface area contributed by atoms with Crippen molar-refractivity contribution in [3.05, 3.63) is 12.2 Å². The van der Waals surface area contributed by atoms with E-state index < -0.39 is 0 Å².